The Bertz CT molecular complexity index is 698. The Morgan fingerprint density at radius 1 is 1.04 bits per heavy atom. The van der Waals surface area contributed by atoms with Crippen molar-refractivity contribution in [2.24, 2.45) is 5.92 Å². The summed E-state index contributed by atoms with van der Waals surface area (Å²) < 4.78 is 0. The highest BCUT2D eigenvalue weighted by atomic mass is 16.2. The van der Waals surface area contributed by atoms with E-state index in [1.807, 2.05) is 36.1 Å². The number of hydrogen-bond donors (Lipinski definition) is 1. The molecule has 0 bridgehead atoms. The molecule has 0 aliphatic carbocycles. The summed E-state index contributed by atoms with van der Waals surface area (Å²) in [7, 11) is 0. The van der Waals surface area contributed by atoms with E-state index < -0.39 is 0 Å². The molecular weight excluding hydrogens is 296 g/mol. The van der Waals surface area contributed by atoms with Crippen molar-refractivity contribution in [1.82, 2.24) is 0 Å². The number of nitrogens with one attached hydrogen (secondary N) is 1. The molecule has 1 N–H and O–H groups in total. The Hall–Kier alpha value is -2.29. The molecule has 0 fully saturated rings. The average Bonchev–Trinajstić information content (AvgIpc) is 2.63. The lowest BCUT2D eigenvalue weighted by Crippen LogP contribution is -2.50. The molecule has 3 heteroatoms. The standard InChI is InChI=1S/C21H26N2O/c1-4-18-15(3)21(22-16-11-7-6-8-12-16)17-13-9-10-14-19(17)23(18)20(24)5-2/h6-15,18,21-22H,4-5H2,1-3H3/t15-,18-,21+/m1/s1. The fourth-order valence-electron chi connectivity index (χ4n) is 3.86. The van der Waals surface area contributed by atoms with Gasteiger partial charge in [0.2, 0.25) is 5.91 Å². The van der Waals surface area contributed by atoms with Crippen molar-refractivity contribution in [2.75, 3.05) is 10.2 Å². The summed E-state index contributed by atoms with van der Waals surface area (Å²) >= 11 is 0. The lowest BCUT2D eigenvalue weighted by molar-refractivity contribution is -0.119. The van der Waals surface area contributed by atoms with E-state index in [1.54, 1.807) is 0 Å². The van der Waals surface area contributed by atoms with Crippen molar-refractivity contribution < 1.29 is 4.79 Å². The van der Waals surface area contributed by atoms with Gasteiger partial charge < -0.3 is 10.2 Å². The van der Waals surface area contributed by atoms with Gasteiger partial charge in [0.1, 0.15) is 0 Å². The van der Waals surface area contributed by atoms with Crippen LogP contribution in [0.1, 0.15) is 45.2 Å². The van der Waals surface area contributed by atoms with Crippen molar-refractivity contribution in [2.45, 2.75) is 45.7 Å². The van der Waals surface area contributed by atoms with Crippen molar-refractivity contribution in [3.05, 3.63) is 60.2 Å². The van der Waals surface area contributed by atoms with Gasteiger partial charge in [0.05, 0.1) is 6.04 Å². The van der Waals surface area contributed by atoms with E-state index in [2.05, 4.69) is 49.5 Å². The first kappa shape index (κ1) is 16.6. The number of amides is 1. The van der Waals surface area contributed by atoms with Gasteiger partial charge >= 0.3 is 0 Å². The topological polar surface area (TPSA) is 32.3 Å². The second-order valence-electron chi connectivity index (χ2n) is 6.50. The van der Waals surface area contributed by atoms with Crippen LogP contribution in [0.15, 0.2) is 54.6 Å². The second kappa shape index (κ2) is 7.08. The van der Waals surface area contributed by atoms with E-state index in [0.717, 1.165) is 17.8 Å². The lowest BCUT2D eigenvalue weighted by atomic mass is 9.80. The minimum Gasteiger partial charge on any atom is -0.378 e. The van der Waals surface area contributed by atoms with Crippen molar-refractivity contribution in [3.8, 4) is 0 Å². The highest BCUT2D eigenvalue weighted by Gasteiger charge is 2.39. The van der Waals surface area contributed by atoms with E-state index >= 15 is 0 Å². The van der Waals surface area contributed by atoms with E-state index in [1.165, 1.54) is 5.56 Å². The van der Waals surface area contributed by atoms with Crippen molar-refractivity contribution >= 4 is 17.3 Å². The van der Waals surface area contributed by atoms with Crippen LogP contribution in [-0.2, 0) is 4.79 Å². The van der Waals surface area contributed by atoms with Crippen molar-refractivity contribution in [1.29, 1.82) is 0 Å². The molecule has 0 aromatic heterocycles. The normalized spacial score (nSPS) is 22.8. The number of nitrogens with zero attached hydrogens (tertiary/aromatic N) is 1. The number of benzene rings is 2. The van der Waals surface area contributed by atoms with Crippen LogP contribution in [0.25, 0.3) is 0 Å². The molecule has 0 saturated carbocycles. The van der Waals surface area contributed by atoms with Crippen LogP contribution in [0.4, 0.5) is 11.4 Å². The van der Waals surface area contributed by atoms with Gasteiger partial charge in [-0.15, -0.1) is 0 Å². The number of fused-ring (bicyclic) bond motifs is 1. The monoisotopic (exact) mass is 322 g/mol. The zero-order valence-electron chi connectivity index (χ0n) is 14.7. The molecule has 3 nitrogen and oxygen atoms in total. The molecule has 24 heavy (non-hydrogen) atoms. The Balaban J connectivity index is 2.05. The highest BCUT2D eigenvalue weighted by Crippen LogP contribution is 2.43. The molecule has 1 aliphatic rings. The Kier molecular flexibility index (Phi) is 4.89. The molecule has 2 aromatic carbocycles. The third-order valence-corrected chi connectivity index (χ3v) is 5.08. The predicted molar refractivity (Wildman–Crippen MR) is 100 cm³/mol. The van der Waals surface area contributed by atoms with E-state index in [0.29, 0.717) is 12.3 Å². The molecule has 1 aliphatic heterocycles. The molecule has 3 atom stereocenters. The number of carbonyl (C=O) groups excluding carboxylic acids is 1. The molecule has 126 valence electrons. The summed E-state index contributed by atoms with van der Waals surface area (Å²) in [6, 6.07) is 19.1. The first-order chi connectivity index (χ1) is 11.7. The molecule has 3 rings (SSSR count). The molecule has 0 unspecified atom stereocenters. The Morgan fingerprint density at radius 3 is 2.38 bits per heavy atom. The fourth-order valence-corrected chi connectivity index (χ4v) is 3.86. The van der Waals surface area contributed by atoms with Gasteiger partial charge in [-0.05, 0) is 30.2 Å². The van der Waals surface area contributed by atoms with E-state index in [-0.39, 0.29) is 18.0 Å². The first-order valence-electron chi connectivity index (χ1n) is 8.89. The fraction of sp³-hybridized carbons (Fsp3) is 0.381. The summed E-state index contributed by atoms with van der Waals surface area (Å²) in [4.78, 5) is 14.6. The molecule has 0 radical (unpaired) electrons. The third kappa shape index (κ3) is 2.91. The van der Waals surface area contributed by atoms with Gasteiger partial charge in [-0.1, -0.05) is 57.2 Å². The van der Waals surface area contributed by atoms with Crippen LogP contribution < -0.4 is 10.2 Å². The zero-order valence-corrected chi connectivity index (χ0v) is 14.7. The predicted octanol–water partition coefficient (Wildman–Crippen LogP) is 5.01. The van der Waals surface area contributed by atoms with E-state index in [4.69, 9.17) is 0 Å². The molecular formula is C21H26N2O. The van der Waals surface area contributed by atoms with Crippen LogP contribution >= 0.6 is 0 Å². The Labute approximate surface area is 144 Å². The summed E-state index contributed by atoms with van der Waals surface area (Å²) in [6.45, 7) is 6.36. The van der Waals surface area contributed by atoms with Crippen LogP contribution in [0, 0.1) is 5.92 Å². The molecule has 0 saturated heterocycles. The van der Waals surface area contributed by atoms with Crippen LogP contribution in [-0.4, -0.2) is 11.9 Å². The number of hydrogen-bond acceptors (Lipinski definition) is 2. The number of carbonyl (C=O) groups is 1. The molecule has 2 aromatic rings. The third-order valence-electron chi connectivity index (χ3n) is 5.08. The molecule has 1 heterocycles. The van der Waals surface area contributed by atoms with E-state index in [9.17, 15) is 4.79 Å². The zero-order chi connectivity index (χ0) is 17.1. The molecule has 1 amide bonds. The number of para-hydroxylation sites is 2. The number of anilines is 2. The summed E-state index contributed by atoms with van der Waals surface area (Å²) in [5.74, 6) is 0.542. The molecule has 0 spiro atoms. The highest BCUT2D eigenvalue weighted by molar-refractivity contribution is 5.95. The number of rotatable bonds is 4. The van der Waals surface area contributed by atoms with Gasteiger partial charge in [-0.25, -0.2) is 0 Å². The largest absolute Gasteiger partial charge is 0.378 e. The summed E-state index contributed by atoms with van der Waals surface area (Å²) in [5.41, 5.74) is 3.39. The van der Waals surface area contributed by atoms with Crippen LogP contribution in [0.3, 0.4) is 0 Å². The lowest BCUT2D eigenvalue weighted by Gasteiger charge is -2.45. The second-order valence-corrected chi connectivity index (χ2v) is 6.50. The Morgan fingerprint density at radius 2 is 1.71 bits per heavy atom. The first-order valence-corrected chi connectivity index (χ1v) is 8.89. The van der Waals surface area contributed by atoms with Gasteiger partial charge in [0.25, 0.3) is 0 Å². The quantitative estimate of drug-likeness (QED) is 0.858. The summed E-state index contributed by atoms with van der Waals surface area (Å²) in [5, 5.41) is 3.69. The van der Waals surface area contributed by atoms with Crippen molar-refractivity contribution in [3.63, 3.8) is 0 Å². The smallest absolute Gasteiger partial charge is 0.226 e. The maximum absolute atomic E-state index is 12.6. The van der Waals surface area contributed by atoms with Gasteiger partial charge in [0, 0.05) is 29.8 Å². The minimum absolute atomic E-state index is 0.203. The van der Waals surface area contributed by atoms with Crippen LogP contribution in [0.5, 0.6) is 0 Å². The van der Waals surface area contributed by atoms with Gasteiger partial charge in [-0.3, -0.25) is 4.79 Å². The average molecular weight is 322 g/mol. The van der Waals surface area contributed by atoms with Gasteiger partial charge in [0.15, 0.2) is 0 Å². The van der Waals surface area contributed by atoms with Gasteiger partial charge in [-0.2, -0.15) is 0 Å². The van der Waals surface area contributed by atoms with Crippen LogP contribution in [0.2, 0.25) is 0 Å². The summed E-state index contributed by atoms with van der Waals surface area (Å²) in [6.07, 6.45) is 1.49. The minimum atomic E-state index is 0.203. The SMILES string of the molecule is CCC(=O)N1c2ccccc2[C@@H](Nc2ccccc2)[C@H](C)[C@H]1CC. The maximum atomic E-state index is 12.6. The maximum Gasteiger partial charge on any atom is 0.226 e.